The van der Waals surface area contributed by atoms with Gasteiger partial charge in [0.1, 0.15) is 0 Å². The second-order valence-electron chi connectivity index (χ2n) is 6.09. The van der Waals surface area contributed by atoms with E-state index < -0.39 is 0 Å². The predicted molar refractivity (Wildman–Crippen MR) is 75.8 cm³/mol. The normalized spacial score (nSPS) is 35.3. The third kappa shape index (κ3) is 4.22. The molecule has 1 heterocycles. The first-order chi connectivity index (χ1) is 8.79. The molecule has 2 N–H and O–H groups in total. The lowest BCUT2D eigenvalue weighted by molar-refractivity contribution is 0.0835. The van der Waals surface area contributed by atoms with Crippen LogP contribution in [0.2, 0.25) is 0 Å². The summed E-state index contributed by atoms with van der Waals surface area (Å²) < 4.78 is 0. The first-order valence-electron chi connectivity index (χ1n) is 7.96. The summed E-state index contributed by atoms with van der Waals surface area (Å²) in [5, 5.41) is 13.8. The molecule has 3 atom stereocenters. The Morgan fingerprint density at radius 3 is 2.67 bits per heavy atom. The molecule has 0 aromatic heterocycles. The molecule has 3 nitrogen and oxygen atoms in total. The van der Waals surface area contributed by atoms with E-state index in [1.807, 2.05) is 0 Å². The molecule has 106 valence electrons. The molecule has 0 aromatic rings. The van der Waals surface area contributed by atoms with Crippen LogP contribution in [0.25, 0.3) is 0 Å². The largest absolute Gasteiger partial charge is 0.392 e. The zero-order valence-corrected chi connectivity index (χ0v) is 11.9. The van der Waals surface area contributed by atoms with Gasteiger partial charge in [0.15, 0.2) is 0 Å². The average molecular weight is 254 g/mol. The maximum atomic E-state index is 10.0. The molecule has 2 aliphatic rings. The monoisotopic (exact) mass is 254 g/mol. The molecule has 18 heavy (non-hydrogen) atoms. The Bertz CT molecular complexity index is 235. The van der Waals surface area contributed by atoms with Crippen LogP contribution in [-0.4, -0.2) is 47.8 Å². The summed E-state index contributed by atoms with van der Waals surface area (Å²) in [6, 6.07) is 0.992. The Morgan fingerprint density at radius 2 is 1.89 bits per heavy atom. The van der Waals surface area contributed by atoms with Gasteiger partial charge in [0.2, 0.25) is 0 Å². The number of hydrogen-bond acceptors (Lipinski definition) is 3. The number of aliphatic hydroxyl groups is 1. The van der Waals surface area contributed by atoms with Gasteiger partial charge in [-0.2, -0.15) is 0 Å². The summed E-state index contributed by atoms with van der Waals surface area (Å²) in [5.41, 5.74) is 0. The average Bonchev–Trinajstić information content (AvgIpc) is 2.59. The van der Waals surface area contributed by atoms with E-state index in [0.29, 0.717) is 12.1 Å². The van der Waals surface area contributed by atoms with Crippen LogP contribution in [0.1, 0.15) is 58.3 Å². The second-order valence-corrected chi connectivity index (χ2v) is 6.09. The summed E-state index contributed by atoms with van der Waals surface area (Å²) in [6.45, 7) is 6.01. The molecular formula is C15H30N2O. The highest BCUT2D eigenvalue weighted by Crippen LogP contribution is 2.21. The van der Waals surface area contributed by atoms with Gasteiger partial charge >= 0.3 is 0 Å². The summed E-state index contributed by atoms with van der Waals surface area (Å²) in [4.78, 5) is 2.60. The van der Waals surface area contributed by atoms with Crippen LogP contribution >= 0.6 is 0 Å². The van der Waals surface area contributed by atoms with Crippen molar-refractivity contribution in [2.75, 3.05) is 19.6 Å². The summed E-state index contributed by atoms with van der Waals surface area (Å²) in [5.74, 6) is 0. The summed E-state index contributed by atoms with van der Waals surface area (Å²) >= 11 is 0. The fourth-order valence-electron chi connectivity index (χ4n) is 3.47. The SMILES string of the molecule is CCCN1CCCC(NC2CCCCC2O)CC1. The highest BCUT2D eigenvalue weighted by Gasteiger charge is 2.26. The van der Waals surface area contributed by atoms with E-state index >= 15 is 0 Å². The first kappa shape index (κ1) is 14.3. The minimum Gasteiger partial charge on any atom is -0.392 e. The number of nitrogens with zero attached hydrogens (tertiary/aromatic N) is 1. The van der Waals surface area contributed by atoms with Crippen molar-refractivity contribution in [3.8, 4) is 0 Å². The molecule has 1 aliphatic carbocycles. The Balaban J connectivity index is 1.75. The smallest absolute Gasteiger partial charge is 0.0693 e. The third-order valence-electron chi connectivity index (χ3n) is 4.54. The van der Waals surface area contributed by atoms with Gasteiger partial charge in [-0.1, -0.05) is 19.8 Å². The van der Waals surface area contributed by atoms with Crippen LogP contribution < -0.4 is 5.32 Å². The molecule has 2 rings (SSSR count). The number of likely N-dealkylation sites (tertiary alicyclic amines) is 1. The van der Waals surface area contributed by atoms with Crippen LogP contribution in [-0.2, 0) is 0 Å². The molecule has 0 bridgehead atoms. The van der Waals surface area contributed by atoms with E-state index in [4.69, 9.17) is 0 Å². The Morgan fingerprint density at radius 1 is 1.06 bits per heavy atom. The maximum Gasteiger partial charge on any atom is 0.0693 e. The van der Waals surface area contributed by atoms with Crippen molar-refractivity contribution < 1.29 is 5.11 Å². The van der Waals surface area contributed by atoms with Gasteiger partial charge in [0.25, 0.3) is 0 Å². The Labute approximate surface area is 112 Å². The lowest BCUT2D eigenvalue weighted by Gasteiger charge is -2.32. The number of rotatable bonds is 4. The number of aliphatic hydroxyl groups excluding tert-OH is 1. The Hall–Kier alpha value is -0.120. The lowest BCUT2D eigenvalue weighted by Crippen LogP contribution is -2.47. The van der Waals surface area contributed by atoms with E-state index in [-0.39, 0.29) is 6.10 Å². The van der Waals surface area contributed by atoms with Crippen LogP contribution in [0.15, 0.2) is 0 Å². The Kier molecular flexibility index (Phi) is 5.93. The highest BCUT2D eigenvalue weighted by molar-refractivity contribution is 4.85. The van der Waals surface area contributed by atoms with Crippen molar-refractivity contribution in [2.24, 2.45) is 0 Å². The van der Waals surface area contributed by atoms with Gasteiger partial charge in [-0.25, -0.2) is 0 Å². The molecule has 1 saturated carbocycles. The van der Waals surface area contributed by atoms with Gasteiger partial charge in [-0.3, -0.25) is 0 Å². The standard InChI is InChI=1S/C15H30N2O/c1-2-10-17-11-5-6-13(9-12-17)16-14-7-3-4-8-15(14)18/h13-16,18H,2-12H2,1H3. The summed E-state index contributed by atoms with van der Waals surface area (Å²) in [6.07, 6.45) is 9.64. The second kappa shape index (κ2) is 7.46. The third-order valence-corrected chi connectivity index (χ3v) is 4.54. The molecule has 3 unspecified atom stereocenters. The number of nitrogens with one attached hydrogen (secondary N) is 1. The molecule has 0 aromatic carbocycles. The van der Waals surface area contributed by atoms with E-state index in [9.17, 15) is 5.11 Å². The van der Waals surface area contributed by atoms with Gasteiger partial charge in [0.05, 0.1) is 6.10 Å². The van der Waals surface area contributed by atoms with Crippen LogP contribution in [0.3, 0.4) is 0 Å². The predicted octanol–water partition coefficient (Wildman–Crippen LogP) is 2.14. The van der Waals surface area contributed by atoms with Gasteiger partial charge in [0, 0.05) is 12.1 Å². The van der Waals surface area contributed by atoms with Gasteiger partial charge in [-0.05, 0) is 58.2 Å². The van der Waals surface area contributed by atoms with Crippen molar-refractivity contribution in [1.82, 2.24) is 10.2 Å². The van der Waals surface area contributed by atoms with Crippen molar-refractivity contribution >= 4 is 0 Å². The molecule has 0 amide bonds. The van der Waals surface area contributed by atoms with Crippen LogP contribution in [0.4, 0.5) is 0 Å². The van der Waals surface area contributed by atoms with Crippen molar-refractivity contribution in [3.63, 3.8) is 0 Å². The van der Waals surface area contributed by atoms with Crippen LogP contribution in [0, 0.1) is 0 Å². The van der Waals surface area contributed by atoms with Crippen molar-refractivity contribution in [1.29, 1.82) is 0 Å². The van der Waals surface area contributed by atoms with Gasteiger partial charge < -0.3 is 15.3 Å². The highest BCUT2D eigenvalue weighted by atomic mass is 16.3. The van der Waals surface area contributed by atoms with E-state index in [1.54, 1.807) is 0 Å². The molecule has 0 radical (unpaired) electrons. The minimum absolute atomic E-state index is 0.103. The maximum absolute atomic E-state index is 10.0. The minimum atomic E-state index is -0.103. The molecule has 2 fully saturated rings. The molecular weight excluding hydrogens is 224 g/mol. The zero-order valence-electron chi connectivity index (χ0n) is 11.9. The fourth-order valence-corrected chi connectivity index (χ4v) is 3.47. The van der Waals surface area contributed by atoms with Crippen molar-refractivity contribution in [3.05, 3.63) is 0 Å². The molecule has 0 spiro atoms. The molecule has 3 heteroatoms. The van der Waals surface area contributed by atoms with E-state index in [1.165, 1.54) is 58.2 Å². The first-order valence-corrected chi connectivity index (χ1v) is 7.96. The van der Waals surface area contributed by atoms with E-state index in [0.717, 1.165) is 12.8 Å². The molecule has 1 aliphatic heterocycles. The topological polar surface area (TPSA) is 35.5 Å². The number of hydrogen-bond donors (Lipinski definition) is 2. The quantitative estimate of drug-likeness (QED) is 0.807. The fraction of sp³-hybridized carbons (Fsp3) is 1.00. The van der Waals surface area contributed by atoms with Crippen molar-refractivity contribution in [2.45, 2.75) is 76.5 Å². The van der Waals surface area contributed by atoms with Gasteiger partial charge in [-0.15, -0.1) is 0 Å². The van der Waals surface area contributed by atoms with Crippen LogP contribution in [0.5, 0.6) is 0 Å². The summed E-state index contributed by atoms with van der Waals surface area (Å²) in [7, 11) is 0. The molecule has 1 saturated heterocycles. The lowest BCUT2D eigenvalue weighted by atomic mass is 9.91. The zero-order chi connectivity index (χ0) is 12.8. The van der Waals surface area contributed by atoms with E-state index in [2.05, 4.69) is 17.1 Å².